The molecule has 0 aliphatic carbocycles. The molecule has 0 aliphatic heterocycles. The summed E-state index contributed by atoms with van der Waals surface area (Å²) >= 11 is 1.03. The molecule has 2 N–H and O–H groups in total. The number of hydrogen-bond acceptors (Lipinski definition) is 3. The minimum atomic E-state index is -0.665. The van der Waals surface area contributed by atoms with Gasteiger partial charge in [0.2, 0.25) is 0 Å². The number of benzene rings is 1. The zero-order chi connectivity index (χ0) is 11.3. The van der Waals surface area contributed by atoms with Crippen molar-refractivity contribution < 1.29 is 19.0 Å². The average molecular weight is 234 g/mol. The van der Waals surface area contributed by atoms with Crippen LogP contribution in [0.4, 0.5) is 8.78 Å². The lowest BCUT2D eigenvalue weighted by molar-refractivity contribution is 0.280. The first kappa shape index (κ1) is 12.4. The molecule has 15 heavy (non-hydrogen) atoms. The van der Waals surface area contributed by atoms with Gasteiger partial charge in [0.25, 0.3) is 0 Å². The Kier molecular flexibility index (Phi) is 5.01. The molecule has 0 unspecified atom stereocenters. The van der Waals surface area contributed by atoms with Gasteiger partial charge in [0.1, 0.15) is 11.6 Å². The van der Waals surface area contributed by atoms with E-state index in [4.69, 9.17) is 10.2 Å². The lowest BCUT2D eigenvalue weighted by Crippen LogP contribution is -1.94. The van der Waals surface area contributed by atoms with Crippen LogP contribution in [0.1, 0.15) is 12.0 Å². The number of thioether (sulfide) groups is 1. The van der Waals surface area contributed by atoms with E-state index >= 15 is 0 Å². The van der Waals surface area contributed by atoms with Crippen molar-refractivity contribution in [1.29, 1.82) is 0 Å². The lowest BCUT2D eigenvalue weighted by atomic mass is 10.2. The molecule has 5 heteroatoms. The Bertz CT molecular complexity index is 308. The van der Waals surface area contributed by atoms with Crippen molar-refractivity contribution in [1.82, 2.24) is 0 Å². The Morgan fingerprint density at radius 2 is 1.73 bits per heavy atom. The molecule has 0 saturated heterocycles. The van der Waals surface area contributed by atoms with Gasteiger partial charge in [0.15, 0.2) is 0 Å². The highest BCUT2D eigenvalue weighted by molar-refractivity contribution is 7.99. The third-order valence-corrected chi connectivity index (χ3v) is 2.96. The molecule has 0 aliphatic rings. The zero-order valence-corrected chi connectivity index (χ0v) is 8.86. The van der Waals surface area contributed by atoms with Crippen LogP contribution in [0.15, 0.2) is 17.0 Å². The number of aliphatic hydroxyl groups excluding tert-OH is 2. The predicted molar refractivity (Wildman–Crippen MR) is 54.7 cm³/mol. The fourth-order valence-corrected chi connectivity index (χ4v) is 1.95. The van der Waals surface area contributed by atoms with Gasteiger partial charge in [-0.2, -0.15) is 0 Å². The molecule has 0 fully saturated rings. The maximum atomic E-state index is 13.3. The summed E-state index contributed by atoms with van der Waals surface area (Å²) in [4.78, 5) is -0.0550. The minimum absolute atomic E-state index is 0.00492. The van der Waals surface area contributed by atoms with Crippen LogP contribution >= 0.6 is 11.8 Å². The predicted octanol–water partition coefficient (Wildman–Crippen LogP) is 1.93. The Balaban J connectivity index is 2.79. The van der Waals surface area contributed by atoms with Gasteiger partial charge < -0.3 is 10.2 Å². The maximum absolute atomic E-state index is 13.3. The fourth-order valence-electron chi connectivity index (χ4n) is 1.08. The van der Waals surface area contributed by atoms with Crippen LogP contribution in [0.5, 0.6) is 0 Å². The number of hydrogen-bond donors (Lipinski definition) is 2. The molecule has 1 aromatic carbocycles. The summed E-state index contributed by atoms with van der Waals surface area (Å²) in [5.41, 5.74) is 0.219. The average Bonchev–Trinajstić information content (AvgIpc) is 2.22. The van der Waals surface area contributed by atoms with E-state index in [1.54, 1.807) is 0 Å². The first-order valence-corrected chi connectivity index (χ1v) is 5.50. The van der Waals surface area contributed by atoms with Crippen LogP contribution in [-0.2, 0) is 6.61 Å². The SMILES string of the molecule is OCCCSc1c(F)cc(CO)cc1F. The molecule has 1 rings (SSSR count). The quantitative estimate of drug-likeness (QED) is 0.604. The molecule has 0 atom stereocenters. The standard InChI is InChI=1S/C10H12F2O2S/c11-8-4-7(6-14)5-9(12)10(8)15-3-1-2-13/h4-5,13-14H,1-3,6H2. The van der Waals surface area contributed by atoms with Gasteiger partial charge in [-0.25, -0.2) is 8.78 Å². The third-order valence-electron chi connectivity index (χ3n) is 1.79. The monoisotopic (exact) mass is 234 g/mol. The zero-order valence-electron chi connectivity index (χ0n) is 8.04. The maximum Gasteiger partial charge on any atom is 0.140 e. The van der Waals surface area contributed by atoms with E-state index in [9.17, 15) is 8.78 Å². The smallest absolute Gasteiger partial charge is 0.140 e. The minimum Gasteiger partial charge on any atom is -0.396 e. The Hall–Kier alpha value is -0.650. The van der Waals surface area contributed by atoms with Crippen LogP contribution in [-0.4, -0.2) is 22.6 Å². The van der Waals surface area contributed by atoms with Gasteiger partial charge >= 0.3 is 0 Å². The fraction of sp³-hybridized carbons (Fsp3) is 0.400. The number of halogens is 2. The third kappa shape index (κ3) is 3.44. The van der Waals surface area contributed by atoms with E-state index in [1.165, 1.54) is 0 Å². The Morgan fingerprint density at radius 1 is 1.13 bits per heavy atom. The Labute approximate surface area is 90.9 Å². The molecule has 0 saturated carbocycles. The van der Waals surface area contributed by atoms with Gasteiger partial charge in [-0.05, 0) is 24.1 Å². The highest BCUT2D eigenvalue weighted by atomic mass is 32.2. The molecule has 0 radical (unpaired) electrons. The van der Waals surface area contributed by atoms with E-state index < -0.39 is 11.6 Å². The normalized spacial score (nSPS) is 10.7. The van der Waals surface area contributed by atoms with Crippen molar-refractivity contribution in [3.05, 3.63) is 29.3 Å². The van der Waals surface area contributed by atoms with Crippen molar-refractivity contribution in [2.75, 3.05) is 12.4 Å². The van der Waals surface area contributed by atoms with E-state index in [0.29, 0.717) is 12.2 Å². The molecule has 0 bridgehead atoms. The molecular weight excluding hydrogens is 222 g/mol. The molecule has 0 heterocycles. The van der Waals surface area contributed by atoms with Crippen molar-refractivity contribution in [3.8, 4) is 0 Å². The first-order chi connectivity index (χ1) is 7.19. The largest absolute Gasteiger partial charge is 0.396 e. The van der Waals surface area contributed by atoms with E-state index in [1.807, 2.05) is 0 Å². The summed E-state index contributed by atoms with van der Waals surface area (Å²) in [5.74, 6) is -0.869. The van der Waals surface area contributed by atoms with E-state index in [-0.39, 0.29) is 23.7 Å². The van der Waals surface area contributed by atoms with Crippen LogP contribution in [0.2, 0.25) is 0 Å². The highest BCUT2D eigenvalue weighted by Crippen LogP contribution is 2.26. The summed E-state index contributed by atoms with van der Waals surface area (Å²) in [6, 6.07) is 2.23. The van der Waals surface area contributed by atoms with Crippen molar-refractivity contribution >= 4 is 11.8 Å². The summed E-state index contributed by atoms with van der Waals surface area (Å²) in [6.07, 6.45) is 0.491. The topological polar surface area (TPSA) is 40.5 Å². The summed E-state index contributed by atoms with van der Waals surface area (Å²) in [6.45, 7) is -0.375. The molecule has 84 valence electrons. The molecule has 0 amide bonds. The molecule has 2 nitrogen and oxygen atoms in total. The molecular formula is C10H12F2O2S. The lowest BCUT2D eigenvalue weighted by Gasteiger charge is -2.05. The number of rotatable bonds is 5. The van der Waals surface area contributed by atoms with Crippen molar-refractivity contribution in [2.24, 2.45) is 0 Å². The van der Waals surface area contributed by atoms with Gasteiger partial charge in [0, 0.05) is 12.4 Å². The molecule has 0 aromatic heterocycles. The van der Waals surface area contributed by atoms with Gasteiger partial charge in [-0.15, -0.1) is 11.8 Å². The summed E-state index contributed by atoms with van der Waals surface area (Å²) in [7, 11) is 0. The summed E-state index contributed by atoms with van der Waals surface area (Å²) < 4.78 is 26.6. The second kappa shape index (κ2) is 6.05. The van der Waals surface area contributed by atoms with Crippen LogP contribution in [0.3, 0.4) is 0 Å². The number of aliphatic hydroxyl groups is 2. The molecule has 0 spiro atoms. The van der Waals surface area contributed by atoms with Crippen LogP contribution in [0.25, 0.3) is 0 Å². The van der Waals surface area contributed by atoms with Crippen molar-refractivity contribution in [3.63, 3.8) is 0 Å². The van der Waals surface area contributed by atoms with E-state index in [0.717, 1.165) is 23.9 Å². The van der Waals surface area contributed by atoms with Crippen LogP contribution in [0, 0.1) is 11.6 Å². The summed E-state index contributed by atoms with van der Waals surface area (Å²) in [5, 5.41) is 17.2. The Morgan fingerprint density at radius 3 is 2.20 bits per heavy atom. The van der Waals surface area contributed by atoms with Gasteiger partial charge in [0.05, 0.1) is 11.5 Å². The van der Waals surface area contributed by atoms with Crippen molar-refractivity contribution in [2.45, 2.75) is 17.9 Å². The second-order valence-corrected chi connectivity index (χ2v) is 4.08. The van der Waals surface area contributed by atoms with Gasteiger partial charge in [-0.1, -0.05) is 0 Å². The van der Waals surface area contributed by atoms with E-state index in [2.05, 4.69) is 0 Å². The highest BCUT2D eigenvalue weighted by Gasteiger charge is 2.11. The van der Waals surface area contributed by atoms with Gasteiger partial charge in [-0.3, -0.25) is 0 Å². The second-order valence-electron chi connectivity index (χ2n) is 2.97. The molecule has 1 aromatic rings. The first-order valence-electron chi connectivity index (χ1n) is 4.51. The van der Waals surface area contributed by atoms with Crippen LogP contribution < -0.4 is 0 Å².